The first kappa shape index (κ1) is 16.5. The molecule has 0 aliphatic carbocycles. The Morgan fingerprint density at radius 1 is 0.500 bits per heavy atom. The lowest BCUT2D eigenvalue weighted by atomic mass is 9.98. The molecule has 0 unspecified atom stereocenters. The predicted molar refractivity (Wildman–Crippen MR) is 105 cm³/mol. The molecule has 0 aliphatic rings. The van der Waals surface area contributed by atoms with Gasteiger partial charge in [0.05, 0.1) is 0 Å². The average molecular weight is 314 g/mol. The molecule has 122 valence electrons. The molecule has 3 rings (SSSR count). The molecular weight excluding hydrogens is 288 g/mol. The summed E-state index contributed by atoms with van der Waals surface area (Å²) in [5.74, 6) is 0. The van der Waals surface area contributed by atoms with Crippen LogP contribution in [0.25, 0.3) is 22.3 Å². The first-order valence-corrected chi connectivity index (χ1v) is 9.09. The molecule has 0 aliphatic heterocycles. The van der Waals surface area contributed by atoms with Gasteiger partial charge in [-0.15, -0.1) is 0 Å². The highest BCUT2D eigenvalue weighted by Crippen LogP contribution is 2.25. The van der Waals surface area contributed by atoms with Gasteiger partial charge >= 0.3 is 0 Å². The number of unbranched alkanes of at least 4 members (excludes halogenated alkanes) is 1. The Bertz CT molecular complexity index is 747. The molecule has 3 aromatic rings. The molecule has 0 aromatic heterocycles. The minimum absolute atomic E-state index is 1.09. The van der Waals surface area contributed by atoms with E-state index in [-0.39, 0.29) is 0 Å². The van der Waals surface area contributed by atoms with Gasteiger partial charge in [-0.1, -0.05) is 93.1 Å². The maximum atomic E-state index is 2.27. The summed E-state index contributed by atoms with van der Waals surface area (Å²) in [4.78, 5) is 0. The van der Waals surface area contributed by atoms with Gasteiger partial charge in [0.25, 0.3) is 0 Å². The van der Waals surface area contributed by atoms with E-state index in [1.807, 2.05) is 0 Å². The normalized spacial score (nSPS) is 10.8. The monoisotopic (exact) mass is 314 g/mol. The molecule has 0 fully saturated rings. The van der Waals surface area contributed by atoms with Gasteiger partial charge in [0.1, 0.15) is 0 Å². The van der Waals surface area contributed by atoms with Crippen LogP contribution in [0.2, 0.25) is 0 Å². The van der Waals surface area contributed by atoms with E-state index in [9.17, 15) is 0 Å². The zero-order valence-corrected chi connectivity index (χ0v) is 14.8. The molecule has 0 spiro atoms. The maximum absolute atomic E-state index is 2.27. The summed E-state index contributed by atoms with van der Waals surface area (Å²) < 4.78 is 0. The van der Waals surface area contributed by atoms with Crippen LogP contribution in [0.15, 0.2) is 72.8 Å². The van der Waals surface area contributed by atoms with Crippen LogP contribution in [0.5, 0.6) is 0 Å². The fourth-order valence-electron chi connectivity index (χ4n) is 3.03. The zero-order chi connectivity index (χ0) is 16.8. The lowest BCUT2D eigenvalue weighted by molar-refractivity contribution is 0.795. The molecule has 24 heavy (non-hydrogen) atoms. The zero-order valence-electron chi connectivity index (χ0n) is 14.8. The second kappa shape index (κ2) is 7.97. The fourth-order valence-corrected chi connectivity index (χ4v) is 3.03. The molecule has 0 N–H and O–H groups in total. The molecule has 0 amide bonds. The van der Waals surface area contributed by atoms with E-state index in [0.29, 0.717) is 0 Å². The number of benzene rings is 3. The quantitative estimate of drug-likeness (QED) is 0.463. The van der Waals surface area contributed by atoms with Crippen molar-refractivity contribution in [2.75, 3.05) is 0 Å². The highest BCUT2D eigenvalue weighted by molar-refractivity contribution is 5.70. The predicted octanol–water partition coefficient (Wildman–Crippen LogP) is 6.93. The number of rotatable bonds is 6. The summed E-state index contributed by atoms with van der Waals surface area (Å²) >= 11 is 0. The molecule has 0 bridgehead atoms. The van der Waals surface area contributed by atoms with Gasteiger partial charge < -0.3 is 0 Å². The van der Waals surface area contributed by atoms with Crippen LogP contribution in [-0.2, 0) is 12.8 Å². The molecule has 3 aromatic carbocycles. The van der Waals surface area contributed by atoms with Gasteiger partial charge in [-0.2, -0.15) is 0 Å². The van der Waals surface area contributed by atoms with Gasteiger partial charge in [0.15, 0.2) is 0 Å². The molecule has 0 heterocycles. The van der Waals surface area contributed by atoms with Crippen LogP contribution in [0, 0.1) is 0 Å². The first-order chi connectivity index (χ1) is 11.8. The molecule has 0 atom stereocenters. The molecule has 0 heteroatoms. The van der Waals surface area contributed by atoms with Crippen molar-refractivity contribution in [3.8, 4) is 22.3 Å². The van der Waals surface area contributed by atoms with Gasteiger partial charge in [-0.25, -0.2) is 0 Å². The van der Waals surface area contributed by atoms with Crippen LogP contribution < -0.4 is 0 Å². The Balaban J connectivity index is 1.76. The summed E-state index contributed by atoms with van der Waals surface area (Å²) in [6.45, 7) is 4.43. The van der Waals surface area contributed by atoms with E-state index in [0.717, 1.165) is 6.42 Å². The molecule has 0 saturated heterocycles. The van der Waals surface area contributed by atoms with Crippen molar-refractivity contribution >= 4 is 0 Å². The molecular formula is C24H26. The van der Waals surface area contributed by atoms with Crippen LogP contribution in [0.4, 0.5) is 0 Å². The Kier molecular flexibility index (Phi) is 5.48. The molecule has 0 nitrogen and oxygen atoms in total. The average Bonchev–Trinajstić information content (AvgIpc) is 2.67. The standard InChI is InChI=1S/C24H26/c1-3-5-6-20-9-13-22(14-10-20)24-17-15-23(16-18-24)21-11-7-19(4-2)8-12-21/h7-18H,3-6H2,1-2H3. The Labute approximate surface area is 146 Å². The lowest BCUT2D eigenvalue weighted by Gasteiger charge is -2.07. The van der Waals surface area contributed by atoms with Crippen molar-refractivity contribution in [1.29, 1.82) is 0 Å². The second-order valence-corrected chi connectivity index (χ2v) is 6.43. The summed E-state index contributed by atoms with van der Waals surface area (Å²) in [7, 11) is 0. The van der Waals surface area contributed by atoms with Gasteiger partial charge in [0, 0.05) is 0 Å². The van der Waals surface area contributed by atoms with Crippen molar-refractivity contribution in [2.24, 2.45) is 0 Å². The maximum Gasteiger partial charge on any atom is -0.0184 e. The van der Waals surface area contributed by atoms with E-state index < -0.39 is 0 Å². The second-order valence-electron chi connectivity index (χ2n) is 6.43. The Hall–Kier alpha value is -2.34. The third-order valence-electron chi connectivity index (χ3n) is 4.69. The fraction of sp³-hybridized carbons (Fsp3) is 0.250. The molecule has 0 radical (unpaired) electrons. The van der Waals surface area contributed by atoms with Crippen molar-refractivity contribution in [1.82, 2.24) is 0 Å². The number of aryl methyl sites for hydroxylation is 2. The minimum Gasteiger partial charge on any atom is -0.0654 e. The SMILES string of the molecule is CCCCc1ccc(-c2ccc(-c3ccc(CC)cc3)cc2)cc1. The third kappa shape index (κ3) is 3.94. The van der Waals surface area contributed by atoms with Gasteiger partial charge in [-0.05, 0) is 52.6 Å². The van der Waals surface area contributed by atoms with Crippen molar-refractivity contribution in [3.63, 3.8) is 0 Å². The van der Waals surface area contributed by atoms with E-state index >= 15 is 0 Å². The summed E-state index contributed by atoms with van der Waals surface area (Å²) in [6, 6.07) is 26.8. The minimum atomic E-state index is 1.09. The van der Waals surface area contributed by atoms with E-state index in [4.69, 9.17) is 0 Å². The van der Waals surface area contributed by atoms with Crippen LogP contribution in [0.3, 0.4) is 0 Å². The largest absolute Gasteiger partial charge is 0.0654 e. The molecule has 0 saturated carbocycles. The van der Waals surface area contributed by atoms with E-state index in [1.54, 1.807) is 0 Å². The van der Waals surface area contributed by atoms with E-state index in [2.05, 4.69) is 86.6 Å². The van der Waals surface area contributed by atoms with Crippen LogP contribution in [-0.4, -0.2) is 0 Å². The highest BCUT2D eigenvalue weighted by Gasteiger charge is 2.01. The number of hydrogen-bond donors (Lipinski definition) is 0. The van der Waals surface area contributed by atoms with Crippen LogP contribution >= 0.6 is 0 Å². The summed E-state index contributed by atoms with van der Waals surface area (Å²) in [6.07, 6.45) is 4.80. The summed E-state index contributed by atoms with van der Waals surface area (Å²) in [5, 5.41) is 0. The highest BCUT2D eigenvalue weighted by atomic mass is 14.1. The van der Waals surface area contributed by atoms with Gasteiger partial charge in [0.2, 0.25) is 0 Å². The van der Waals surface area contributed by atoms with Crippen molar-refractivity contribution in [2.45, 2.75) is 39.5 Å². The van der Waals surface area contributed by atoms with Crippen LogP contribution in [0.1, 0.15) is 37.8 Å². The topological polar surface area (TPSA) is 0 Å². The lowest BCUT2D eigenvalue weighted by Crippen LogP contribution is -1.85. The smallest absolute Gasteiger partial charge is 0.0184 e. The van der Waals surface area contributed by atoms with E-state index in [1.165, 1.54) is 52.6 Å². The Morgan fingerprint density at radius 3 is 1.25 bits per heavy atom. The van der Waals surface area contributed by atoms with Gasteiger partial charge in [-0.3, -0.25) is 0 Å². The first-order valence-electron chi connectivity index (χ1n) is 9.09. The summed E-state index contributed by atoms with van der Waals surface area (Å²) in [5.41, 5.74) is 7.97. The number of hydrogen-bond acceptors (Lipinski definition) is 0. The third-order valence-corrected chi connectivity index (χ3v) is 4.69. The Morgan fingerprint density at radius 2 is 0.875 bits per heavy atom. The van der Waals surface area contributed by atoms with Crippen molar-refractivity contribution in [3.05, 3.63) is 83.9 Å². The van der Waals surface area contributed by atoms with Crippen molar-refractivity contribution < 1.29 is 0 Å².